The summed E-state index contributed by atoms with van der Waals surface area (Å²) in [7, 11) is 0. The monoisotopic (exact) mass is 391 g/mol. The highest BCUT2D eigenvalue weighted by atomic mass is 35.5. The molecule has 2 atom stereocenters. The highest BCUT2D eigenvalue weighted by molar-refractivity contribution is 6.30. The third-order valence-corrected chi connectivity index (χ3v) is 3.81. The molecule has 0 aliphatic carbocycles. The lowest BCUT2D eigenvalue weighted by molar-refractivity contribution is -0.159. The van der Waals surface area contributed by atoms with E-state index in [9.17, 15) is 9.59 Å². The van der Waals surface area contributed by atoms with Crippen molar-refractivity contribution in [3.63, 3.8) is 0 Å². The second-order valence-electron chi connectivity index (χ2n) is 5.74. The van der Waals surface area contributed by atoms with Crippen LogP contribution in [-0.2, 0) is 14.3 Å². The molecule has 144 valence electrons. The van der Waals surface area contributed by atoms with Crippen LogP contribution in [0.1, 0.15) is 20.8 Å². The van der Waals surface area contributed by atoms with Crippen molar-refractivity contribution < 1.29 is 23.8 Å². The Labute approximate surface area is 163 Å². The van der Waals surface area contributed by atoms with E-state index in [1.807, 2.05) is 6.92 Å². The molecule has 0 heterocycles. The number of nitrogens with one attached hydrogen (secondary N) is 1. The second kappa shape index (κ2) is 9.83. The van der Waals surface area contributed by atoms with Gasteiger partial charge in [0, 0.05) is 10.7 Å². The number of carbonyl (C=O) groups is 2. The van der Waals surface area contributed by atoms with Crippen molar-refractivity contribution in [2.24, 2.45) is 0 Å². The summed E-state index contributed by atoms with van der Waals surface area (Å²) in [5.41, 5.74) is 0.580. The molecule has 2 aromatic rings. The molecule has 0 saturated carbocycles. The van der Waals surface area contributed by atoms with E-state index in [2.05, 4.69) is 5.32 Å². The van der Waals surface area contributed by atoms with Gasteiger partial charge in [-0.25, -0.2) is 4.79 Å². The van der Waals surface area contributed by atoms with E-state index in [4.69, 9.17) is 25.8 Å². The molecular formula is C20H22ClNO5. The van der Waals surface area contributed by atoms with Gasteiger partial charge in [0.1, 0.15) is 11.5 Å². The largest absolute Gasteiger partial charge is 0.494 e. The van der Waals surface area contributed by atoms with E-state index in [0.29, 0.717) is 28.8 Å². The zero-order valence-electron chi connectivity index (χ0n) is 15.4. The molecule has 7 heteroatoms. The van der Waals surface area contributed by atoms with Gasteiger partial charge in [-0.1, -0.05) is 11.6 Å². The van der Waals surface area contributed by atoms with E-state index in [-0.39, 0.29) is 0 Å². The molecule has 0 fully saturated rings. The molecule has 1 N–H and O–H groups in total. The van der Waals surface area contributed by atoms with E-state index in [0.717, 1.165) is 0 Å². The Morgan fingerprint density at radius 2 is 1.56 bits per heavy atom. The first kappa shape index (κ1) is 20.6. The van der Waals surface area contributed by atoms with Crippen LogP contribution >= 0.6 is 11.6 Å². The lowest BCUT2D eigenvalue weighted by atomic mass is 10.2. The average molecular weight is 392 g/mol. The van der Waals surface area contributed by atoms with Crippen molar-refractivity contribution >= 4 is 29.2 Å². The Hall–Kier alpha value is -2.73. The number of rotatable bonds is 8. The summed E-state index contributed by atoms with van der Waals surface area (Å²) >= 11 is 5.81. The predicted molar refractivity (Wildman–Crippen MR) is 103 cm³/mol. The molecule has 0 bridgehead atoms. The maximum Gasteiger partial charge on any atom is 0.347 e. The molecule has 1 amide bonds. The van der Waals surface area contributed by atoms with Gasteiger partial charge in [-0.15, -0.1) is 0 Å². The van der Waals surface area contributed by atoms with Crippen molar-refractivity contribution in [1.29, 1.82) is 0 Å². The van der Waals surface area contributed by atoms with Crippen LogP contribution in [0.4, 0.5) is 5.69 Å². The number of halogens is 1. The van der Waals surface area contributed by atoms with Crippen LogP contribution < -0.4 is 14.8 Å². The lowest BCUT2D eigenvalue weighted by Crippen LogP contribution is -2.35. The molecule has 2 rings (SSSR count). The Bertz CT molecular complexity index is 761. The number of hydrogen-bond acceptors (Lipinski definition) is 5. The second-order valence-corrected chi connectivity index (χ2v) is 6.18. The summed E-state index contributed by atoms with van der Waals surface area (Å²) in [5, 5.41) is 3.25. The van der Waals surface area contributed by atoms with Crippen molar-refractivity contribution in [3.05, 3.63) is 53.6 Å². The van der Waals surface area contributed by atoms with Crippen molar-refractivity contribution in [3.8, 4) is 11.5 Å². The average Bonchev–Trinajstić information content (AvgIpc) is 2.65. The predicted octanol–water partition coefficient (Wildman–Crippen LogP) is 4.08. The molecule has 0 aliphatic rings. The number of esters is 1. The number of anilines is 1. The minimum Gasteiger partial charge on any atom is -0.494 e. The standard InChI is InChI=1S/C20H22ClNO5/c1-4-25-17-11-7-16(8-12-17)22-19(23)13(2)27-20(24)14(3)26-18-9-5-15(21)6-10-18/h5-14H,4H2,1-3H3,(H,22,23)/t13-,14-/m1/s1. The Morgan fingerprint density at radius 3 is 2.15 bits per heavy atom. The molecule has 0 aromatic heterocycles. The zero-order chi connectivity index (χ0) is 19.8. The number of benzene rings is 2. The highest BCUT2D eigenvalue weighted by Crippen LogP contribution is 2.18. The first-order valence-electron chi connectivity index (χ1n) is 8.55. The molecule has 27 heavy (non-hydrogen) atoms. The van der Waals surface area contributed by atoms with E-state index >= 15 is 0 Å². The fourth-order valence-corrected chi connectivity index (χ4v) is 2.26. The van der Waals surface area contributed by atoms with Crippen LogP contribution in [0.15, 0.2) is 48.5 Å². The van der Waals surface area contributed by atoms with E-state index in [1.165, 1.54) is 6.92 Å². The summed E-state index contributed by atoms with van der Waals surface area (Å²) in [4.78, 5) is 24.3. The number of ether oxygens (including phenoxy) is 3. The van der Waals surface area contributed by atoms with Crippen molar-refractivity contribution in [1.82, 2.24) is 0 Å². The van der Waals surface area contributed by atoms with Crippen LogP contribution in [0.3, 0.4) is 0 Å². The minimum atomic E-state index is -0.972. The maximum absolute atomic E-state index is 12.2. The summed E-state index contributed by atoms with van der Waals surface area (Å²) in [6.45, 7) is 5.50. The summed E-state index contributed by atoms with van der Waals surface area (Å²) < 4.78 is 16.0. The SMILES string of the molecule is CCOc1ccc(NC(=O)[C@@H](C)OC(=O)[C@@H](C)Oc2ccc(Cl)cc2)cc1. The van der Waals surface area contributed by atoms with Gasteiger partial charge in [-0.05, 0) is 69.3 Å². The molecular weight excluding hydrogens is 370 g/mol. The fraction of sp³-hybridized carbons (Fsp3) is 0.300. The number of carbonyl (C=O) groups excluding carboxylic acids is 2. The van der Waals surface area contributed by atoms with E-state index in [1.54, 1.807) is 55.5 Å². The van der Waals surface area contributed by atoms with Crippen molar-refractivity contribution in [2.75, 3.05) is 11.9 Å². The van der Waals surface area contributed by atoms with Crippen LogP contribution in [0.25, 0.3) is 0 Å². The van der Waals surface area contributed by atoms with Gasteiger partial charge in [0.05, 0.1) is 6.61 Å². The molecule has 0 spiro atoms. The van der Waals surface area contributed by atoms with E-state index < -0.39 is 24.1 Å². The molecule has 0 saturated heterocycles. The highest BCUT2D eigenvalue weighted by Gasteiger charge is 2.23. The first-order valence-corrected chi connectivity index (χ1v) is 8.93. The zero-order valence-corrected chi connectivity index (χ0v) is 16.2. The van der Waals surface area contributed by atoms with Gasteiger partial charge in [0.2, 0.25) is 0 Å². The van der Waals surface area contributed by atoms with Gasteiger partial charge in [0.25, 0.3) is 5.91 Å². The third kappa shape index (κ3) is 6.49. The van der Waals surface area contributed by atoms with Crippen LogP contribution in [0, 0.1) is 0 Å². The number of amides is 1. The quantitative estimate of drug-likeness (QED) is 0.686. The maximum atomic E-state index is 12.2. The summed E-state index contributed by atoms with van der Waals surface area (Å²) in [6, 6.07) is 13.5. The third-order valence-electron chi connectivity index (χ3n) is 3.55. The number of hydrogen-bond donors (Lipinski definition) is 1. The topological polar surface area (TPSA) is 73.9 Å². The van der Waals surface area contributed by atoms with Crippen LogP contribution in [0.2, 0.25) is 5.02 Å². The minimum absolute atomic E-state index is 0.439. The molecule has 2 aromatic carbocycles. The first-order chi connectivity index (χ1) is 12.9. The normalized spacial score (nSPS) is 12.6. The van der Waals surface area contributed by atoms with Gasteiger partial charge in [0.15, 0.2) is 12.2 Å². The lowest BCUT2D eigenvalue weighted by Gasteiger charge is -2.18. The van der Waals surface area contributed by atoms with Gasteiger partial charge in [-0.3, -0.25) is 4.79 Å². The molecule has 0 aliphatic heterocycles. The smallest absolute Gasteiger partial charge is 0.347 e. The van der Waals surface area contributed by atoms with Gasteiger partial charge >= 0.3 is 5.97 Å². The Kier molecular flexibility index (Phi) is 7.49. The molecule has 0 radical (unpaired) electrons. The summed E-state index contributed by atoms with van der Waals surface area (Å²) in [6.07, 6.45) is -1.84. The molecule has 6 nitrogen and oxygen atoms in total. The van der Waals surface area contributed by atoms with Crippen LogP contribution in [0.5, 0.6) is 11.5 Å². The summed E-state index contributed by atoms with van der Waals surface area (Å²) in [5.74, 6) is 0.115. The Balaban J connectivity index is 1.85. The van der Waals surface area contributed by atoms with Crippen molar-refractivity contribution in [2.45, 2.75) is 33.0 Å². The Morgan fingerprint density at radius 1 is 0.963 bits per heavy atom. The van der Waals surface area contributed by atoms with Crippen LogP contribution in [-0.4, -0.2) is 30.7 Å². The fourth-order valence-electron chi connectivity index (χ4n) is 2.13. The van der Waals surface area contributed by atoms with Gasteiger partial charge < -0.3 is 19.5 Å². The van der Waals surface area contributed by atoms with Gasteiger partial charge in [-0.2, -0.15) is 0 Å². The molecule has 0 unspecified atom stereocenters.